The largest absolute Gasteiger partial charge is 0.507 e. The highest BCUT2D eigenvalue weighted by Gasteiger charge is 2.55. The van der Waals surface area contributed by atoms with Crippen LogP contribution in [0.25, 0.3) is 32.9 Å². The van der Waals surface area contributed by atoms with Crippen molar-refractivity contribution in [3.05, 3.63) is 59.6 Å². The summed E-state index contributed by atoms with van der Waals surface area (Å²) in [6.45, 7) is 5.78. The summed E-state index contributed by atoms with van der Waals surface area (Å²) in [4.78, 5) is 18.5. The van der Waals surface area contributed by atoms with Crippen LogP contribution in [0, 0.1) is 31.0 Å². The number of nitrogens with zero attached hydrogens (tertiary/aromatic N) is 5. The van der Waals surface area contributed by atoms with Gasteiger partial charge in [-0.25, -0.2) is 8.78 Å². The lowest BCUT2D eigenvalue weighted by Gasteiger charge is -2.31. The Kier molecular flexibility index (Phi) is 5.99. The molecular formula is C36H35F2N5O2. The molecule has 45 heavy (non-hydrogen) atoms. The molecule has 1 saturated carbocycles. The molecule has 0 radical (unpaired) electrons. The van der Waals surface area contributed by atoms with E-state index in [1.54, 1.807) is 6.20 Å². The number of aryl methyl sites for hydroxylation is 1. The highest BCUT2D eigenvalue weighted by molar-refractivity contribution is 6.03. The summed E-state index contributed by atoms with van der Waals surface area (Å²) < 4.78 is 54.4. The zero-order chi connectivity index (χ0) is 32.8. The minimum Gasteiger partial charge on any atom is -0.507 e. The summed E-state index contributed by atoms with van der Waals surface area (Å²) in [5.74, 6) is 2.27. The molecule has 4 aromatic rings. The SMILES string of the molecule is [2H]C([2H])(Oc1nc(N2CCCC[C@H]3[C@H](F)[C@H]32)c2cnc(-c3cc(O)c(C#C)c4ccc(F)cc34)c(C)c2n1)[C@@]12CCCN1CC(=C)C2. The quantitative estimate of drug-likeness (QED) is 0.205. The Morgan fingerprint density at radius 3 is 2.91 bits per heavy atom. The van der Waals surface area contributed by atoms with E-state index in [0.29, 0.717) is 70.2 Å². The van der Waals surface area contributed by atoms with Gasteiger partial charge in [0.1, 0.15) is 30.1 Å². The lowest BCUT2D eigenvalue weighted by molar-refractivity contribution is 0.108. The second-order valence-electron chi connectivity index (χ2n) is 13.0. The first-order valence-corrected chi connectivity index (χ1v) is 15.6. The van der Waals surface area contributed by atoms with E-state index in [-0.39, 0.29) is 29.3 Å². The van der Waals surface area contributed by atoms with Crippen molar-refractivity contribution in [1.82, 2.24) is 19.9 Å². The molecule has 4 fully saturated rings. The van der Waals surface area contributed by atoms with Crippen LogP contribution in [-0.2, 0) is 0 Å². The van der Waals surface area contributed by atoms with Gasteiger partial charge in [0, 0.05) is 41.7 Å². The van der Waals surface area contributed by atoms with Gasteiger partial charge in [-0.2, -0.15) is 9.97 Å². The number of anilines is 1. The van der Waals surface area contributed by atoms with Gasteiger partial charge in [0.2, 0.25) is 0 Å². The van der Waals surface area contributed by atoms with Gasteiger partial charge in [-0.1, -0.05) is 30.6 Å². The van der Waals surface area contributed by atoms with E-state index in [1.807, 2.05) is 11.8 Å². The minimum atomic E-state index is -2.15. The van der Waals surface area contributed by atoms with E-state index in [4.69, 9.17) is 26.1 Å². The molecular weight excluding hydrogens is 572 g/mol. The molecule has 0 unspecified atom stereocenters. The van der Waals surface area contributed by atoms with Crippen LogP contribution in [0.2, 0.25) is 0 Å². The molecule has 1 N–H and O–H groups in total. The Morgan fingerprint density at radius 1 is 1.20 bits per heavy atom. The molecule has 0 bridgehead atoms. The lowest BCUT2D eigenvalue weighted by Crippen LogP contribution is -2.43. The Morgan fingerprint density at radius 2 is 2.07 bits per heavy atom. The van der Waals surface area contributed by atoms with Crippen LogP contribution in [0.4, 0.5) is 14.6 Å². The average molecular weight is 610 g/mol. The second-order valence-corrected chi connectivity index (χ2v) is 13.0. The van der Waals surface area contributed by atoms with Gasteiger partial charge in [0.15, 0.2) is 0 Å². The van der Waals surface area contributed by atoms with Crippen LogP contribution in [0.3, 0.4) is 0 Å². The summed E-state index contributed by atoms with van der Waals surface area (Å²) in [5.41, 5.74) is 2.26. The van der Waals surface area contributed by atoms with Gasteiger partial charge in [-0.05, 0) is 69.2 Å². The molecule has 8 rings (SSSR count). The summed E-state index contributed by atoms with van der Waals surface area (Å²) >= 11 is 0. The topological polar surface area (TPSA) is 74.6 Å². The first kappa shape index (κ1) is 26.0. The molecule has 0 spiro atoms. The fraction of sp³-hybridized carbons (Fsp3) is 0.417. The number of alkyl halides is 1. The number of phenols is 1. The maximum Gasteiger partial charge on any atom is 0.319 e. The minimum absolute atomic E-state index is 0.0824. The van der Waals surface area contributed by atoms with Crippen LogP contribution in [0.5, 0.6) is 11.8 Å². The number of hydrogen-bond acceptors (Lipinski definition) is 7. The van der Waals surface area contributed by atoms with Gasteiger partial charge < -0.3 is 14.7 Å². The highest BCUT2D eigenvalue weighted by atomic mass is 19.1. The van der Waals surface area contributed by atoms with Crippen LogP contribution < -0.4 is 9.64 Å². The number of benzene rings is 2. The fourth-order valence-electron chi connectivity index (χ4n) is 7.95. The molecule has 7 nitrogen and oxygen atoms in total. The molecule has 2 aromatic carbocycles. The highest BCUT2D eigenvalue weighted by Crippen LogP contribution is 2.48. The van der Waals surface area contributed by atoms with Crippen molar-refractivity contribution in [3.63, 3.8) is 0 Å². The molecule has 0 amide bonds. The van der Waals surface area contributed by atoms with E-state index >= 15 is 4.39 Å². The number of fused-ring (bicyclic) bond motifs is 4. The van der Waals surface area contributed by atoms with Crippen LogP contribution in [0.1, 0.15) is 52.4 Å². The number of halogens is 2. The van der Waals surface area contributed by atoms with Crippen molar-refractivity contribution in [2.24, 2.45) is 5.92 Å². The third kappa shape index (κ3) is 4.45. The summed E-state index contributed by atoms with van der Waals surface area (Å²) in [5, 5.41) is 12.4. The van der Waals surface area contributed by atoms with Gasteiger partial charge in [-0.15, -0.1) is 6.42 Å². The smallest absolute Gasteiger partial charge is 0.319 e. The Balaban J connectivity index is 1.32. The zero-order valence-electron chi connectivity index (χ0n) is 27.1. The number of phenolic OH excluding ortho intramolecular Hbond substituents is 1. The number of aromatic hydroxyl groups is 1. The number of ether oxygens (including phenoxy) is 1. The van der Waals surface area contributed by atoms with Crippen molar-refractivity contribution in [1.29, 1.82) is 0 Å². The van der Waals surface area contributed by atoms with Gasteiger partial charge in [0.25, 0.3) is 0 Å². The number of aromatic nitrogens is 3. The molecule has 3 aliphatic heterocycles. The van der Waals surface area contributed by atoms with Crippen LogP contribution in [0.15, 0.2) is 42.6 Å². The van der Waals surface area contributed by atoms with E-state index in [0.717, 1.165) is 37.8 Å². The number of hydrogen-bond donors (Lipinski definition) is 1. The Bertz CT molecular complexity index is 2030. The standard InChI is InChI=1S/C36H35F2N5O2/c1-4-23-24-10-9-22(37)14-26(24)27(15-29(23)44)31-21(3)32-28(17-39-31)34(43-13-6-5-8-25-30(38)33(25)43)41-35(40-32)45-19-36-11-7-12-42(36)18-20(2)16-36/h1,9-10,14-15,17,25,30,33,44H,2,5-8,11-13,16,18-19H2,3H3/t25-,30-,33-,36-/m0/s1/i19D2. The maximum atomic E-state index is 15.1. The van der Waals surface area contributed by atoms with Crippen LogP contribution >= 0.6 is 0 Å². The summed E-state index contributed by atoms with van der Waals surface area (Å²) in [6.07, 6.45) is 10.9. The molecule has 1 aliphatic carbocycles. The first-order chi connectivity index (χ1) is 22.5. The summed E-state index contributed by atoms with van der Waals surface area (Å²) in [7, 11) is 0. The van der Waals surface area contributed by atoms with E-state index in [1.165, 1.54) is 24.3 Å². The molecule has 4 aliphatic rings. The normalized spacial score (nSPS) is 27.1. The predicted octanol–water partition coefficient (Wildman–Crippen LogP) is 6.48. The van der Waals surface area contributed by atoms with Crippen LogP contribution in [-0.4, -0.2) is 68.9 Å². The van der Waals surface area contributed by atoms with Gasteiger partial charge in [0.05, 0.1) is 36.5 Å². The third-order valence-corrected chi connectivity index (χ3v) is 10.2. The molecule has 230 valence electrons. The maximum absolute atomic E-state index is 15.1. The van der Waals surface area contributed by atoms with E-state index in [9.17, 15) is 12.2 Å². The Labute approximate surface area is 263 Å². The van der Waals surface area contributed by atoms with E-state index in [2.05, 4.69) is 17.4 Å². The summed E-state index contributed by atoms with van der Waals surface area (Å²) in [6, 6.07) is 5.19. The second kappa shape index (κ2) is 10.4. The monoisotopic (exact) mass is 609 g/mol. The third-order valence-electron chi connectivity index (χ3n) is 10.2. The van der Waals surface area contributed by atoms with Crippen molar-refractivity contribution >= 4 is 27.5 Å². The average Bonchev–Trinajstić information content (AvgIpc) is 3.39. The predicted molar refractivity (Wildman–Crippen MR) is 171 cm³/mol. The number of pyridine rings is 1. The van der Waals surface area contributed by atoms with Crippen molar-refractivity contribution in [3.8, 4) is 35.4 Å². The molecule has 9 heteroatoms. The zero-order valence-corrected chi connectivity index (χ0v) is 25.1. The molecule has 4 atom stereocenters. The fourth-order valence-corrected chi connectivity index (χ4v) is 7.95. The van der Waals surface area contributed by atoms with Crippen molar-refractivity contribution in [2.45, 2.75) is 63.2 Å². The molecule has 3 saturated heterocycles. The Hall–Kier alpha value is -4.29. The van der Waals surface area contributed by atoms with Crippen molar-refractivity contribution < 1.29 is 21.4 Å². The van der Waals surface area contributed by atoms with Gasteiger partial charge >= 0.3 is 6.01 Å². The van der Waals surface area contributed by atoms with Crippen molar-refractivity contribution in [2.75, 3.05) is 31.1 Å². The lowest BCUT2D eigenvalue weighted by atomic mass is 9.94. The first-order valence-electron chi connectivity index (χ1n) is 16.6. The molecule has 2 aromatic heterocycles. The van der Waals surface area contributed by atoms with E-state index < -0.39 is 24.1 Å². The number of rotatable bonds is 5. The molecule has 5 heterocycles. The number of terminal acetylenes is 1. The van der Waals surface area contributed by atoms with Gasteiger partial charge in [-0.3, -0.25) is 9.88 Å².